The molecule has 0 radical (unpaired) electrons. The van der Waals surface area contributed by atoms with E-state index in [-0.39, 0.29) is 5.91 Å². The third-order valence-corrected chi connectivity index (χ3v) is 5.49. The lowest BCUT2D eigenvalue weighted by Gasteiger charge is -2.24. The van der Waals surface area contributed by atoms with Gasteiger partial charge in [-0.3, -0.25) is 9.78 Å². The molecule has 1 aliphatic rings. The van der Waals surface area contributed by atoms with Gasteiger partial charge in [-0.15, -0.1) is 0 Å². The number of carbonyl (C=O) groups excluding carboxylic acids is 1. The highest BCUT2D eigenvalue weighted by Crippen LogP contribution is 2.23. The van der Waals surface area contributed by atoms with Crippen molar-refractivity contribution in [1.29, 1.82) is 0 Å². The molecule has 0 saturated carbocycles. The Morgan fingerprint density at radius 2 is 1.68 bits per heavy atom. The van der Waals surface area contributed by atoms with Gasteiger partial charge in [0.25, 0.3) is 5.91 Å². The number of fused-ring (bicyclic) bond motifs is 1. The van der Waals surface area contributed by atoms with Crippen LogP contribution in [0.15, 0.2) is 73.1 Å². The molecule has 3 aromatic rings. The van der Waals surface area contributed by atoms with Gasteiger partial charge in [-0.1, -0.05) is 42.5 Å². The van der Waals surface area contributed by atoms with Gasteiger partial charge in [-0.05, 0) is 72.6 Å². The third kappa shape index (κ3) is 4.48. The van der Waals surface area contributed by atoms with Crippen LogP contribution in [0.3, 0.4) is 0 Å². The summed E-state index contributed by atoms with van der Waals surface area (Å²) in [4.78, 5) is 19.5. The van der Waals surface area contributed by atoms with E-state index in [1.54, 1.807) is 6.20 Å². The van der Waals surface area contributed by atoms with Gasteiger partial charge in [0.2, 0.25) is 0 Å². The molecule has 28 heavy (non-hydrogen) atoms. The summed E-state index contributed by atoms with van der Waals surface area (Å²) in [5, 5.41) is 0. The molecule has 0 spiro atoms. The summed E-state index contributed by atoms with van der Waals surface area (Å²) in [5.41, 5.74) is 5.86. The van der Waals surface area contributed by atoms with Crippen LogP contribution >= 0.6 is 0 Å². The molecule has 1 amide bonds. The predicted molar refractivity (Wildman–Crippen MR) is 112 cm³/mol. The van der Waals surface area contributed by atoms with Crippen molar-refractivity contribution in [2.45, 2.75) is 38.6 Å². The SMILES string of the molecule is O=C(c1ccc2c(c1)CCCC2)N(CCc1ccccc1)Cc1cccnc1. The molecule has 0 saturated heterocycles. The summed E-state index contributed by atoms with van der Waals surface area (Å²) in [6.45, 7) is 1.27. The lowest BCUT2D eigenvalue weighted by molar-refractivity contribution is 0.0745. The van der Waals surface area contributed by atoms with Crippen LogP contribution in [0.1, 0.15) is 45.5 Å². The maximum atomic E-state index is 13.4. The Labute approximate surface area is 167 Å². The maximum absolute atomic E-state index is 13.4. The number of aromatic nitrogens is 1. The van der Waals surface area contributed by atoms with Crippen molar-refractivity contribution in [3.63, 3.8) is 0 Å². The van der Waals surface area contributed by atoms with Crippen LogP contribution in [0, 0.1) is 0 Å². The highest BCUT2D eigenvalue weighted by atomic mass is 16.2. The number of aryl methyl sites for hydroxylation is 2. The fourth-order valence-corrected chi connectivity index (χ4v) is 3.92. The Kier molecular flexibility index (Phi) is 5.81. The minimum Gasteiger partial charge on any atom is -0.334 e. The quantitative estimate of drug-likeness (QED) is 0.622. The summed E-state index contributed by atoms with van der Waals surface area (Å²) in [6.07, 6.45) is 9.15. The largest absolute Gasteiger partial charge is 0.334 e. The highest BCUT2D eigenvalue weighted by Gasteiger charge is 2.19. The monoisotopic (exact) mass is 370 g/mol. The standard InChI is InChI=1S/C25H26N2O/c28-25(24-13-12-22-10-4-5-11-23(22)17-24)27(19-21-9-6-15-26-18-21)16-14-20-7-2-1-3-8-20/h1-3,6-9,12-13,15,17-18H,4-5,10-11,14,16,19H2. The highest BCUT2D eigenvalue weighted by molar-refractivity contribution is 5.94. The maximum Gasteiger partial charge on any atom is 0.254 e. The second kappa shape index (κ2) is 8.83. The number of benzene rings is 2. The molecule has 0 bridgehead atoms. The van der Waals surface area contributed by atoms with Gasteiger partial charge < -0.3 is 4.90 Å². The van der Waals surface area contributed by atoms with E-state index in [1.807, 2.05) is 47.5 Å². The van der Waals surface area contributed by atoms with E-state index in [2.05, 4.69) is 29.2 Å². The van der Waals surface area contributed by atoms with Crippen molar-refractivity contribution in [1.82, 2.24) is 9.88 Å². The molecule has 0 unspecified atom stereocenters. The molecule has 2 aromatic carbocycles. The van der Waals surface area contributed by atoms with Crippen LogP contribution in [-0.4, -0.2) is 22.3 Å². The summed E-state index contributed by atoms with van der Waals surface area (Å²) >= 11 is 0. The number of hydrogen-bond donors (Lipinski definition) is 0. The van der Waals surface area contributed by atoms with Gasteiger partial charge in [0.15, 0.2) is 0 Å². The minimum absolute atomic E-state index is 0.105. The third-order valence-electron chi connectivity index (χ3n) is 5.49. The number of nitrogens with zero attached hydrogens (tertiary/aromatic N) is 2. The van der Waals surface area contributed by atoms with Gasteiger partial charge in [-0.2, -0.15) is 0 Å². The summed E-state index contributed by atoms with van der Waals surface area (Å²) in [5.74, 6) is 0.105. The molecule has 3 heteroatoms. The summed E-state index contributed by atoms with van der Waals surface area (Å²) in [6, 6.07) is 20.6. The van der Waals surface area contributed by atoms with Gasteiger partial charge in [0.1, 0.15) is 0 Å². The molecule has 0 fully saturated rings. The number of rotatable bonds is 6. The zero-order chi connectivity index (χ0) is 19.2. The number of carbonyl (C=O) groups is 1. The smallest absolute Gasteiger partial charge is 0.254 e. The van der Waals surface area contributed by atoms with Crippen LogP contribution in [0.4, 0.5) is 0 Å². The molecule has 1 aromatic heterocycles. The van der Waals surface area contributed by atoms with E-state index < -0.39 is 0 Å². The molecule has 0 atom stereocenters. The number of hydrogen-bond acceptors (Lipinski definition) is 2. The van der Waals surface area contributed by atoms with E-state index >= 15 is 0 Å². The Hall–Kier alpha value is -2.94. The second-order valence-electron chi connectivity index (χ2n) is 7.51. The Morgan fingerprint density at radius 3 is 2.46 bits per heavy atom. The molecule has 4 rings (SSSR count). The van der Waals surface area contributed by atoms with Gasteiger partial charge in [0.05, 0.1) is 0 Å². The Morgan fingerprint density at radius 1 is 0.893 bits per heavy atom. The normalized spacial score (nSPS) is 13.0. The van der Waals surface area contributed by atoms with Crippen LogP contribution in [0.5, 0.6) is 0 Å². The average Bonchev–Trinajstić information content (AvgIpc) is 2.77. The van der Waals surface area contributed by atoms with Crippen LogP contribution in [-0.2, 0) is 25.8 Å². The van der Waals surface area contributed by atoms with Crippen molar-refractivity contribution in [2.24, 2.45) is 0 Å². The molecule has 1 heterocycles. The molecule has 0 N–H and O–H groups in total. The minimum atomic E-state index is 0.105. The number of amides is 1. The van der Waals surface area contributed by atoms with Crippen molar-refractivity contribution < 1.29 is 4.79 Å². The van der Waals surface area contributed by atoms with Crippen molar-refractivity contribution in [3.8, 4) is 0 Å². The van der Waals surface area contributed by atoms with Crippen molar-refractivity contribution in [3.05, 3.63) is 101 Å². The van der Waals surface area contributed by atoms with E-state index in [0.717, 1.165) is 30.4 Å². The van der Waals surface area contributed by atoms with Crippen LogP contribution < -0.4 is 0 Å². The molecular formula is C25H26N2O. The average molecular weight is 370 g/mol. The van der Waals surface area contributed by atoms with E-state index in [4.69, 9.17) is 0 Å². The summed E-state index contributed by atoms with van der Waals surface area (Å²) < 4.78 is 0. The van der Waals surface area contributed by atoms with E-state index in [9.17, 15) is 4.79 Å². The van der Waals surface area contributed by atoms with E-state index in [1.165, 1.54) is 29.5 Å². The van der Waals surface area contributed by atoms with Crippen LogP contribution in [0.2, 0.25) is 0 Å². The lowest BCUT2D eigenvalue weighted by Crippen LogP contribution is -2.32. The summed E-state index contributed by atoms with van der Waals surface area (Å²) in [7, 11) is 0. The zero-order valence-electron chi connectivity index (χ0n) is 16.2. The molecule has 1 aliphatic carbocycles. The van der Waals surface area contributed by atoms with Gasteiger partial charge in [0, 0.05) is 31.0 Å². The molecule has 3 nitrogen and oxygen atoms in total. The van der Waals surface area contributed by atoms with Gasteiger partial charge in [-0.25, -0.2) is 0 Å². The lowest BCUT2D eigenvalue weighted by atomic mass is 9.90. The first-order chi connectivity index (χ1) is 13.8. The predicted octanol–water partition coefficient (Wildman–Crippen LogP) is 4.85. The molecular weight excluding hydrogens is 344 g/mol. The Balaban J connectivity index is 1.55. The first kappa shape index (κ1) is 18.4. The van der Waals surface area contributed by atoms with Crippen molar-refractivity contribution >= 4 is 5.91 Å². The Bertz CT molecular complexity index is 922. The van der Waals surface area contributed by atoms with Gasteiger partial charge >= 0.3 is 0 Å². The van der Waals surface area contributed by atoms with E-state index in [0.29, 0.717) is 13.1 Å². The molecule has 0 aliphatic heterocycles. The fourth-order valence-electron chi connectivity index (χ4n) is 3.92. The topological polar surface area (TPSA) is 33.2 Å². The fraction of sp³-hybridized carbons (Fsp3) is 0.280. The van der Waals surface area contributed by atoms with Crippen molar-refractivity contribution in [2.75, 3.05) is 6.54 Å². The second-order valence-corrected chi connectivity index (χ2v) is 7.51. The van der Waals surface area contributed by atoms with Crippen LogP contribution in [0.25, 0.3) is 0 Å². The first-order valence-corrected chi connectivity index (χ1v) is 10.1. The first-order valence-electron chi connectivity index (χ1n) is 10.1. The zero-order valence-corrected chi connectivity index (χ0v) is 16.2. The molecule has 142 valence electrons. The number of pyridine rings is 1.